The molecule has 5 nitrogen and oxygen atoms in total. The van der Waals surface area contributed by atoms with E-state index >= 15 is 0 Å². The van der Waals surface area contributed by atoms with Gasteiger partial charge >= 0.3 is 0 Å². The van der Waals surface area contributed by atoms with Crippen LogP contribution in [0.4, 0.5) is 0 Å². The van der Waals surface area contributed by atoms with Crippen LogP contribution in [-0.2, 0) is 11.3 Å². The normalized spacial score (nSPS) is 18.7. The van der Waals surface area contributed by atoms with Gasteiger partial charge in [-0.2, -0.15) is 0 Å². The Bertz CT molecular complexity index is 445. The molecule has 0 unspecified atom stereocenters. The maximum absolute atomic E-state index is 9.97. The summed E-state index contributed by atoms with van der Waals surface area (Å²) >= 11 is 0. The van der Waals surface area contributed by atoms with Crippen LogP contribution in [0.15, 0.2) is 24.3 Å². The second kappa shape index (κ2) is 8.48. The van der Waals surface area contributed by atoms with Crippen LogP contribution in [0.1, 0.15) is 19.4 Å². The van der Waals surface area contributed by atoms with Crippen molar-refractivity contribution in [1.82, 2.24) is 9.80 Å². The molecule has 22 heavy (non-hydrogen) atoms. The van der Waals surface area contributed by atoms with Gasteiger partial charge in [0, 0.05) is 39.3 Å². The molecule has 0 saturated carbocycles. The SMILES string of the molecule is CC(C)OC[C@H](O)CN1CCN(Cc2cccc(O)c2)CC1. The van der Waals surface area contributed by atoms with Gasteiger partial charge in [0.15, 0.2) is 0 Å². The number of aliphatic hydroxyl groups is 1. The molecule has 1 aromatic carbocycles. The van der Waals surface area contributed by atoms with E-state index in [4.69, 9.17) is 4.74 Å². The van der Waals surface area contributed by atoms with Crippen LogP contribution >= 0.6 is 0 Å². The van der Waals surface area contributed by atoms with Crippen LogP contribution in [0, 0.1) is 0 Å². The van der Waals surface area contributed by atoms with E-state index in [0.29, 0.717) is 18.9 Å². The molecule has 1 heterocycles. The van der Waals surface area contributed by atoms with E-state index in [1.807, 2.05) is 32.0 Å². The van der Waals surface area contributed by atoms with Crippen molar-refractivity contribution in [1.29, 1.82) is 0 Å². The second-order valence-electron chi connectivity index (χ2n) is 6.28. The summed E-state index contributed by atoms with van der Waals surface area (Å²) in [4.78, 5) is 4.66. The standard InChI is InChI=1S/C17H28N2O3/c1-14(2)22-13-17(21)12-19-8-6-18(7-9-19)11-15-4-3-5-16(20)10-15/h3-5,10,14,17,20-21H,6-9,11-13H2,1-2H3/t17-/m1/s1. The van der Waals surface area contributed by atoms with Gasteiger partial charge in [-0.25, -0.2) is 0 Å². The van der Waals surface area contributed by atoms with Gasteiger partial charge in [0.2, 0.25) is 0 Å². The van der Waals surface area contributed by atoms with Crippen LogP contribution in [0.5, 0.6) is 5.75 Å². The molecule has 1 saturated heterocycles. The van der Waals surface area contributed by atoms with Gasteiger partial charge in [0.05, 0.1) is 18.8 Å². The highest BCUT2D eigenvalue weighted by atomic mass is 16.5. The Hall–Kier alpha value is -1.14. The van der Waals surface area contributed by atoms with Crippen LogP contribution < -0.4 is 0 Å². The number of phenolic OH excluding ortho intramolecular Hbond substituents is 1. The molecule has 1 aliphatic heterocycles. The molecular weight excluding hydrogens is 280 g/mol. The van der Waals surface area contributed by atoms with Crippen LogP contribution in [0.2, 0.25) is 0 Å². The van der Waals surface area contributed by atoms with E-state index in [-0.39, 0.29) is 6.10 Å². The molecule has 2 rings (SSSR count). The van der Waals surface area contributed by atoms with Crippen molar-refractivity contribution in [2.45, 2.75) is 32.6 Å². The third-order valence-electron chi connectivity index (χ3n) is 3.87. The van der Waals surface area contributed by atoms with Crippen molar-refractivity contribution in [2.24, 2.45) is 0 Å². The zero-order valence-electron chi connectivity index (χ0n) is 13.6. The maximum atomic E-state index is 9.97. The Kier molecular flexibility index (Phi) is 6.64. The number of phenols is 1. The van der Waals surface area contributed by atoms with Gasteiger partial charge in [-0.05, 0) is 31.5 Å². The predicted octanol–water partition coefficient (Wildman–Crippen LogP) is 1.30. The molecule has 0 bridgehead atoms. The fourth-order valence-electron chi connectivity index (χ4n) is 2.70. The highest BCUT2D eigenvalue weighted by Gasteiger charge is 2.19. The topological polar surface area (TPSA) is 56.2 Å². The van der Waals surface area contributed by atoms with E-state index in [1.54, 1.807) is 6.07 Å². The smallest absolute Gasteiger partial charge is 0.115 e. The molecule has 1 aromatic rings. The molecule has 0 radical (unpaired) electrons. The first-order valence-corrected chi connectivity index (χ1v) is 8.05. The highest BCUT2D eigenvalue weighted by molar-refractivity contribution is 5.27. The quantitative estimate of drug-likeness (QED) is 0.795. The summed E-state index contributed by atoms with van der Waals surface area (Å²) in [6.45, 7) is 9.77. The first-order chi connectivity index (χ1) is 10.5. The number of hydrogen-bond donors (Lipinski definition) is 2. The lowest BCUT2D eigenvalue weighted by Crippen LogP contribution is -2.48. The lowest BCUT2D eigenvalue weighted by Gasteiger charge is -2.35. The van der Waals surface area contributed by atoms with Crippen LogP contribution in [0.25, 0.3) is 0 Å². The zero-order chi connectivity index (χ0) is 15.9. The molecular formula is C17H28N2O3. The molecule has 1 fully saturated rings. The van der Waals surface area contributed by atoms with E-state index < -0.39 is 6.10 Å². The Morgan fingerprint density at radius 3 is 2.45 bits per heavy atom. The average molecular weight is 308 g/mol. The monoisotopic (exact) mass is 308 g/mol. The molecule has 1 aliphatic rings. The van der Waals surface area contributed by atoms with Gasteiger partial charge in [0.1, 0.15) is 5.75 Å². The molecule has 2 N–H and O–H groups in total. The summed E-state index contributed by atoms with van der Waals surface area (Å²) in [6, 6.07) is 7.44. The number of aromatic hydroxyl groups is 1. The van der Waals surface area contributed by atoms with Crippen molar-refractivity contribution in [3.8, 4) is 5.75 Å². The summed E-state index contributed by atoms with van der Waals surface area (Å²) in [5.41, 5.74) is 1.14. The van der Waals surface area contributed by atoms with Gasteiger partial charge in [-0.1, -0.05) is 12.1 Å². The minimum absolute atomic E-state index is 0.161. The number of aliphatic hydroxyl groups excluding tert-OH is 1. The van der Waals surface area contributed by atoms with E-state index in [2.05, 4.69) is 9.80 Å². The minimum atomic E-state index is -0.417. The summed E-state index contributed by atoms with van der Waals surface area (Å²) < 4.78 is 5.45. The maximum Gasteiger partial charge on any atom is 0.115 e. The number of benzene rings is 1. The summed E-state index contributed by atoms with van der Waals surface area (Å²) in [5.74, 6) is 0.324. The second-order valence-corrected chi connectivity index (χ2v) is 6.28. The molecule has 0 aromatic heterocycles. The molecule has 0 spiro atoms. The number of piperazine rings is 1. The number of β-amino-alcohol motifs (C(OH)–C–C–N with tert-alkyl or cyclic N) is 1. The van der Waals surface area contributed by atoms with Gasteiger partial charge in [-0.15, -0.1) is 0 Å². The Balaban J connectivity index is 1.69. The predicted molar refractivity (Wildman–Crippen MR) is 86.9 cm³/mol. The third-order valence-corrected chi connectivity index (χ3v) is 3.87. The van der Waals surface area contributed by atoms with Gasteiger partial charge in [-0.3, -0.25) is 9.80 Å². The summed E-state index contributed by atoms with van der Waals surface area (Å²) in [5, 5.41) is 19.5. The molecule has 5 heteroatoms. The third kappa shape index (κ3) is 5.93. The highest BCUT2D eigenvalue weighted by Crippen LogP contribution is 2.14. The Labute approximate surface area is 133 Å². The van der Waals surface area contributed by atoms with Crippen molar-refractivity contribution >= 4 is 0 Å². The van der Waals surface area contributed by atoms with Crippen molar-refractivity contribution in [3.63, 3.8) is 0 Å². The molecule has 0 aliphatic carbocycles. The number of nitrogens with zero attached hydrogens (tertiary/aromatic N) is 2. The van der Waals surface area contributed by atoms with Crippen molar-refractivity contribution in [2.75, 3.05) is 39.3 Å². The number of hydrogen-bond acceptors (Lipinski definition) is 5. The summed E-state index contributed by atoms with van der Waals surface area (Å²) in [6.07, 6.45) is -0.256. The first-order valence-electron chi connectivity index (χ1n) is 8.05. The zero-order valence-corrected chi connectivity index (χ0v) is 13.6. The molecule has 1 atom stereocenters. The lowest BCUT2D eigenvalue weighted by molar-refractivity contribution is -0.0148. The van der Waals surface area contributed by atoms with E-state index in [1.165, 1.54) is 0 Å². The van der Waals surface area contributed by atoms with Crippen molar-refractivity contribution < 1.29 is 14.9 Å². The first kappa shape index (κ1) is 17.2. The fourth-order valence-corrected chi connectivity index (χ4v) is 2.70. The molecule has 124 valence electrons. The lowest BCUT2D eigenvalue weighted by atomic mass is 10.2. The largest absolute Gasteiger partial charge is 0.508 e. The summed E-state index contributed by atoms with van der Waals surface area (Å²) in [7, 11) is 0. The van der Waals surface area contributed by atoms with Crippen LogP contribution in [-0.4, -0.2) is 71.6 Å². The Morgan fingerprint density at radius 2 is 1.82 bits per heavy atom. The van der Waals surface area contributed by atoms with Crippen LogP contribution in [0.3, 0.4) is 0 Å². The van der Waals surface area contributed by atoms with E-state index in [0.717, 1.165) is 38.3 Å². The fraction of sp³-hybridized carbons (Fsp3) is 0.647. The van der Waals surface area contributed by atoms with Crippen molar-refractivity contribution in [3.05, 3.63) is 29.8 Å². The minimum Gasteiger partial charge on any atom is -0.508 e. The number of rotatable bonds is 7. The van der Waals surface area contributed by atoms with Gasteiger partial charge in [0.25, 0.3) is 0 Å². The van der Waals surface area contributed by atoms with E-state index in [9.17, 15) is 10.2 Å². The van der Waals surface area contributed by atoms with Gasteiger partial charge < -0.3 is 14.9 Å². The molecule has 0 amide bonds. The number of ether oxygens (including phenoxy) is 1. The average Bonchev–Trinajstić information content (AvgIpc) is 2.47. The Morgan fingerprint density at radius 1 is 1.14 bits per heavy atom.